The van der Waals surface area contributed by atoms with Crippen LogP contribution < -0.4 is 10.1 Å². The molecule has 0 aliphatic heterocycles. The van der Waals surface area contributed by atoms with E-state index < -0.39 is 0 Å². The molecule has 1 saturated carbocycles. The van der Waals surface area contributed by atoms with Gasteiger partial charge in [-0.25, -0.2) is 9.97 Å². The molecule has 3 aromatic rings. The van der Waals surface area contributed by atoms with Crippen LogP contribution in [0, 0.1) is 3.57 Å². The van der Waals surface area contributed by atoms with Gasteiger partial charge in [0.1, 0.15) is 17.9 Å². The first-order chi connectivity index (χ1) is 11.7. The molecule has 0 radical (unpaired) electrons. The zero-order valence-corrected chi connectivity index (χ0v) is 15.5. The molecule has 0 spiro atoms. The highest BCUT2D eigenvalue weighted by Gasteiger charge is 2.39. The molecular formula is C19H18IN3O. The largest absolute Gasteiger partial charge is 0.494 e. The minimum absolute atomic E-state index is 0.415. The first kappa shape index (κ1) is 15.6. The smallest absolute Gasteiger partial charge is 0.137 e. The van der Waals surface area contributed by atoms with E-state index in [9.17, 15) is 0 Å². The molecule has 2 aromatic carbocycles. The Kier molecular flexibility index (Phi) is 4.26. The van der Waals surface area contributed by atoms with Gasteiger partial charge in [0.2, 0.25) is 0 Å². The first-order valence-electron chi connectivity index (χ1n) is 8.14. The molecule has 5 heteroatoms. The Bertz CT molecular complexity index is 883. The predicted molar refractivity (Wildman–Crippen MR) is 105 cm³/mol. The number of nitrogens with zero attached hydrogens (tertiary/aromatic N) is 2. The van der Waals surface area contributed by atoms with Crippen LogP contribution in [0.5, 0.6) is 5.75 Å². The van der Waals surface area contributed by atoms with E-state index >= 15 is 0 Å². The van der Waals surface area contributed by atoms with Crippen LogP contribution in [0.25, 0.3) is 10.9 Å². The van der Waals surface area contributed by atoms with Crippen molar-refractivity contribution in [2.24, 2.45) is 0 Å². The van der Waals surface area contributed by atoms with E-state index in [0.717, 1.165) is 28.9 Å². The molecule has 122 valence electrons. The van der Waals surface area contributed by atoms with Gasteiger partial charge in [-0.15, -0.1) is 0 Å². The third kappa shape index (κ3) is 3.17. The molecule has 24 heavy (non-hydrogen) atoms. The van der Waals surface area contributed by atoms with Crippen LogP contribution in [0.2, 0.25) is 0 Å². The topological polar surface area (TPSA) is 47.0 Å². The Balaban J connectivity index is 1.54. The number of anilines is 1. The van der Waals surface area contributed by atoms with Crippen molar-refractivity contribution in [2.75, 3.05) is 11.9 Å². The Morgan fingerprint density at radius 3 is 3.00 bits per heavy atom. The maximum atomic E-state index is 5.61. The van der Waals surface area contributed by atoms with E-state index in [1.165, 1.54) is 9.13 Å². The summed E-state index contributed by atoms with van der Waals surface area (Å²) in [5.41, 5.74) is 2.30. The van der Waals surface area contributed by atoms with Crippen LogP contribution in [0.15, 0.2) is 48.8 Å². The summed E-state index contributed by atoms with van der Waals surface area (Å²) in [4.78, 5) is 8.80. The van der Waals surface area contributed by atoms with E-state index in [2.05, 4.69) is 68.2 Å². The molecule has 1 aliphatic rings. The molecule has 2 atom stereocenters. The highest BCUT2D eigenvalue weighted by Crippen LogP contribution is 2.44. The van der Waals surface area contributed by atoms with E-state index in [-0.39, 0.29) is 0 Å². The average Bonchev–Trinajstić information content (AvgIpc) is 3.35. The molecule has 1 fully saturated rings. The fourth-order valence-corrected chi connectivity index (χ4v) is 3.54. The number of nitrogens with one attached hydrogen (secondary N) is 1. The van der Waals surface area contributed by atoms with Gasteiger partial charge in [0.25, 0.3) is 0 Å². The van der Waals surface area contributed by atoms with Gasteiger partial charge >= 0.3 is 0 Å². The van der Waals surface area contributed by atoms with Crippen LogP contribution in [-0.4, -0.2) is 22.6 Å². The maximum Gasteiger partial charge on any atom is 0.137 e. The van der Waals surface area contributed by atoms with Gasteiger partial charge in [-0.2, -0.15) is 0 Å². The number of benzene rings is 2. The van der Waals surface area contributed by atoms with Crippen molar-refractivity contribution >= 4 is 39.3 Å². The summed E-state index contributed by atoms with van der Waals surface area (Å²) in [6.07, 6.45) is 2.75. The fourth-order valence-electron chi connectivity index (χ4n) is 3.04. The van der Waals surface area contributed by atoms with E-state index in [1.54, 1.807) is 6.33 Å². The molecule has 1 heterocycles. The molecule has 0 amide bonds. The minimum atomic E-state index is 0.415. The van der Waals surface area contributed by atoms with Gasteiger partial charge in [-0.3, -0.25) is 0 Å². The van der Waals surface area contributed by atoms with Crippen molar-refractivity contribution < 1.29 is 4.74 Å². The Morgan fingerprint density at radius 1 is 1.21 bits per heavy atom. The molecule has 4 rings (SSSR count). The Morgan fingerprint density at radius 2 is 2.12 bits per heavy atom. The van der Waals surface area contributed by atoms with Crippen molar-refractivity contribution in [1.82, 2.24) is 9.97 Å². The summed E-state index contributed by atoms with van der Waals surface area (Å²) in [6, 6.07) is 15.1. The Labute approximate surface area is 154 Å². The zero-order valence-electron chi connectivity index (χ0n) is 13.4. The fraction of sp³-hybridized carbons (Fsp3) is 0.263. The molecular weight excluding hydrogens is 413 g/mol. The average molecular weight is 431 g/mol. The van der Waals surface area contributed by atoms with Crippen molar-refractivity contribution in [2.45, 2.75) is 25.3 Å². The monoisotopic (exact) mass is 431 g/mol. The van der Waals surface area contributed by atoms with Crippen molar-refractivity contribution in [3.8, 4) is 5.75 Å². The number of fused-ring (bicyclic) bond motifs is 1. The molecule has 0 saturated heterocycles. The second-order valence-corrected chi connectivity index (χ2v) is 7.23. The van der Waals surface area contributed by atoms with Gasteiger partial charge in [0.15, 0.2) is 0 Å². The molecule has 0 unspecified atom stereocenters. The van der Waals surface area contributed by atoms with Crippen molar-refractivity contribution in [3.05, 3.63) is 57.9 Å². The number of rotatable bonds is 5. The highest BCUT2D eigenvalue weighted by molar-refractivity contribution is 14.1. The summed E-state index contributed by atoms with van der Waals surface area (Å²) in [6.45, 7) is 2.71. The number of halogens is 1. The van der Waals surface area contributed by atoms with Gasteiger partial charge in [0, 0.05) is 20.9 Å². The number of ether oxygens (including phenoxy) is 1. The number of hydrogen-bond acceptors (Lipinski definition) is 4. The normalized spacial score (nSPS) is 19.2. The summed E-state index contributed by atoms with van der Waals surface area (Å²) in [5.74, 6) is 2.38. The molecule has 1 N–H and O–H groups in total. The maximum absolute atomic E-state index is 5.61. The SMILES string of the molecule is CCOc1cccc([C@@H]2C[C@H]2Nc2ncnc3ccc(I)cc23)c1. The molecule has 1 aromatic heterocycles. The van der Waals surface area contributed by atoms with Crippen molar-refractivity contribution in [3.63, 3.8) is 0 Å². The van der Waals surface area contributed by atoms with Crippen LogP contribution >= 0.6 is 22.6 Å². The van der Waals surface area contributed by atoms with E-state index in [0.29, 0.717) is 18.6 Å². The van der Waals surface area contributed by atoms with Gasteiger partial charge in [-0.1, -0.05) is 12.1 Å². The number of aromatic nitrogens is 2. The quantitative estimate of drug-likeness (QED) is 0.600. The second kappa shape index (κ2) is 6.55. The van der Waals surface area contributed by atoms with Gasteiger partial charge in [-0.05, 0) is 71.8 Å². The number of hydrogen-bond donors (Lipinski definition) is 1. The highest BCUT2D eigenvalue weighted by atomic mass is 127. The standard InChI is InChI=1S/C19H18IN3O/c1-2-24-14-5-3-4-12(8-14)15-10-18(15)23-19-16-9-13(20)6-7-17(16)21-11-22-19/h3-9,11,15,18H,2,10H2,1H3,(H,21,22,23)/t15-,18+/m0/s1. The van der Waals surface area contributed by atoms with Crippen molar-refractivity contribution in [1.29, 1.82) is 0 Å². The summed E-state index contributed by atoms with van der Waals surface area (Å²) in [5, 5.41) is 4.67. The first-order valence-corrected chi connectivity index (χ1v) is 9.22. The molecule has 1 aliphatic carbocycles. The lowest BCUT2D eigenvalue weighted by molar-refractivity contribution is 0.340. The lowest BCUT2D eigenvalue weighted by Gasteiger charge is -2.09. The van der Waals surface area contributed by atoms with Gasteiger partial charge in [0.05, 0.1) is 12.1 Å². The van der Waals surface area contributed by atoms with E-state index in [1.807, 2.05) is 19.1 Å². The summed E-state index contributed by atoms with van der Waals surface area (Å²) >= 11 is 2.32. The second-order valence-electron chi connectivity index (χ2n) is 5.98. The molecule has 4 nitrogen and oxygen atoms in total. The minimum Gasteiger partial charge on any atom is -0.494 e. The third-order valence-corrected chi connectivity index (χ3v) is 4.98. The van der Waals surface area contributed by atoms with Crippen LogP contribution in [0.4, 0.5) is 5.82 Å². The lowest BCUT2D eigenvalue weighted by Crippen LogP contribution is -2.07. The van der Waals surface area contributed by atoms with Crippen LogP contribution in [0.1, 0.15) is 24.8 Å². The van der Waals surface area contributed by atoms with Gasteiger partial charge < -0.3 is 10.1 Å². The summed E-state index contributed by atoms with van der Waals surface area (Å²) in [7, 11) is 0. The predicted octanol–water partition coefficient (Wildman–Crippen LogP) is 4.60. The third-order valence-electron chi connectivity index (χ3n) is 4.31. The van der Waals surface area contributed by atoms with Crippen LogP contribution in [0.3, 0.4) is 0 Å². The Hall–Kier alpha value is -1.89. The summed E-state index contributed by atoms with van der Waals surface area (Å²) < 4.78 is 6.80. The molecule has 0 bridgehead atoms. The van der Waals surface area contributed by atoms with E-state index in [4.69, 9.17) is 4.74 Å². The lowest BCUT2D eigenvalue weighted by atomic mass is 10.1. The zero-order chi connectivity index (χ0) is 16.5. The van der Waals surface area contributed by atoms with Crippen LogP contribution in [-0.2, 0) is 0 Å².